The summed E-state index contributed by atoms with van der Waals surface area (Å²) in [5, 5.41) is 11.0. The fraction of sp³-hybridized carbons (Fsp3) is 0.333. The Bertz CT molecular complexity index is 631. The quantitative estimate of drug-likeness (QED) is 0.823. The molecule has 0 atom stereocenters. The average Bonchev–Trinajstić information content (AvgIpc) is 2.31. The summed E-state index contributed by atoms with van der Waals surface area (Å²) in [5.74, 6) is 0.780. The van der Waals surface area contributed by atoms with E-state index in [1.165, 1.54) is 0 Å². The summed E-state index contributed by atoms with van der Waals surface area (Å²) in [6.45, 7) is 5.02. The molecule has 0 spiro atoms. The third-order valence-electron chi connectivity index (χ3n) is 2.21. The highest BCUT2D eigenvalue weighted by Crippen LogP contribution is 2.14. The molecule has 0 saturated heterocycles. The summed E-state index contributed by atoms with van der Waals surface area (Å²) in [6, 6.07) is 1.63. The average molecular weight is 311 g/mol. The van der Waals surface area contributed by atoms with E-state index in [0.717, 1.165) is 12.1 Å². The lowest BCUT2D eigenvalue weighted by molar-refractivity contribution is 0.0534. The largest absolute Gasteiger partial charge is 0.477 e. The van der Waals surface area contributed by atoms with Crippen LogP contribution in [-0.4, -0.2) is 29.3 Å². The van der Waals surface area contributed by atoms with E-state index in [0.29, 0.717) is 0 Å². The van der Waals surface area contributed by atoms with E-state index in [1.54, 1.807) is 20.8 Å². The Hall–Kier alpha value is -2.62. The highest BCUT2D eigenvalue weighted by molar-refractivity contribution is 5.88. The normalized spacial score (nSPS) is 10.4. The minimum Gasteiger partial charge on any atom is -0.477 e. The molecule has 5 nitrogen and oxygen atoms in total. The van der Waals surface area contributed by atoms with Crippen molar-refractivity contribution in [2.24, 2.45) is 0 Å². The first-order valence-corrected chi connectivity index (χ1v) is 6.28. The lowest BCUT2D eigenvalue weighted by Gasteiger charge is -2.19. The molecule has 0 fully saturated rings. The number of carbonyl (C=O) groups is 2. The molecule has 0 aliphatic heterocycles. The van der Waals surface area contributed by atoms with Crippen LogP contribution in [0.5, 0.6) is 0 Å². The van der Waals surface area contributed by atoms with Crippen LogP contribution in [0.2, 0.25) is 0 Å². The number of hydrogen-bond donors (Lipinski definition) is 2. The van der Waals surface area contributed by atoms with Crippen LogP contribution in [0.25, 0.3) is 0 Å². The van der Waals surface area contributed by atoms with Gasteiger partial charge in [-0.05, 0) is 32.9 Å². The van der Waals surface area contributed by atoms with Gasteiger partial charge in [-0.25, -0.2) is 18.4 Å². The molecular formula is C15H15F2NO4. The molecule has 0 aromatic heterocycles. The first kappa shape index (κ1) is 17.4. The maximum atomic E-state index is 13.4. The fourth-order valence-electron chi connectivity index (χ4n) is 1.43. The molecule has 2 N–H and O–H groups in total. The van der Waals surface area contributed by atoms with E-state index in [9.17, 15) is 18.4 Å². The number of alkyl carbamates (subject to hydrolysis) is 1. The number of amides is 1. The third kappa shape index (κ3) is 5.40. The number of carboxylic acids is 1. The van der Waals surface area contributed by atoms with Crippen molar-refractivity contribution in [1.29, 1.82) is 0 Å². The van der Waals surface area contributed by atoms with E-state index in [4.69, 9.17) is 9.84 Å². The molecule has 1 rings (SSSR count). The highest BCUT2D eigenvalue weighted by Gasteiger charge is 2.17. The number of halogens is 2. The van der Waals surface area contributed by atoms with Crippen molar-refractivity contribution in [2.75, 3.05) is 6.54 Å². The summed E-state index contributed by atoms with van der Waals surface area (Å²) in [6.07, 6.45) is -0.666. The molecule has 0 radical (unpaired) electrons. The van der Waals surface area contributed by atoms with Gasteiger partial charge in [0.15, 0.2) is 0 Å². The number of hydrogen-bond acceptors (Lipinski definition) is 3. The van der Waals surface area contributed by atoms with Crippen molar-refractivity contribution < 1.29 is 28.2 Å². The lowest BCUT2D eigenvalue weighted by Crippen LogP contribution is -2.32. The van der Waals surface area contributed by atoms with Crippen molar-refractivity contribution in [3.05, 3.63) is 34.9 Å². The Morgan fingerprint density at radius 3 is 2.27 bits per heavy atom. The van der Waals surface area contributed by atoms with Gasteiger partial charge < -0.3 is 15.2 Å². The summed E-state index contributed by atoms with van der Waals surface area (Å²) in [5.41, 5.74) is -1.71. The molecule has 1 aromatic rings. The fourth-order valence-corrected chi connectivity index (χ4v) is 1.43. The van der Waals surface area contributed by atoms with E-state index in [-0.39, 0.29) is 12.1 Å². The minimum absolute atomic E-state index is 0.0361. The predicted molar refractivity (Wildman–Crippen MR) is 74.4 cm³/mol. The van der Waals surface area contributed by atoms with Gasteiger partial charge in [-0.15, -0.1) is 0 Å². The Labute approximate surface area is 126 Å². The van der Waals surface area contributed by atoms with Crippen LogP contribution in [0, 0.1) is 23.5 Å². The Morgan fingerprint density at radius 2 is 1.82 bits per heavy atom. The first-order valence-electron chi connectivity index (χ1n) is 6.28. The first-order chi connectivity index (χ1) is 10.1. The molecule has 0 saturated carbocycles. The Morgan fingerprint density at radius 1 is 1.27 bits per heavy atom. The summed E-state index contributed by atoms with van der Waals surface area (Å²) >= 11 is 0. The Balaban J connectivity index is 2.70. The van der Waals surface area contributed by atoms with Gasteiger partial charge in [0.25, 0.3) is 0 Å². The summed E-state index contributed by atoms with van der Waals surface area (Å²) in [7, 11) is 0. The molecule has 0 aliphatic rings. The maximum absolute atomic E-state index is 13.4. The number of benzene rings is 1. The molecule has 0 aliphatic carbocycles. The zero-order valence-electron chi connectivity index (χ0n) is 12.3. The number of carboxylic acid groups (broad SMARTS) is 1. The summed E-state index contributed by atoms with van der Waals surface area (Å²) < 4.78 is 31.8. The van der Waals surface area contributed by atoms with E-state index >= 15 is 0 Å². The maximum Gasteiger partial charge on any atom is 0.408 e. The second kappa shape index (κ2) is 6.89. The molecule has 0 bridgehead atoms. The lowest BCUT2D eigenvalue weighted by atomic mass is 10.1. The number of rotatable bonds is 2. The van der Waals surface area contributed by atoms with Crippen LogP contribution in [0.4, 0.5) is 13.6 Å². The van der Waals surface area contributed by atoms with Crippen molar-refractivity contribution in [3.63, 3.8) is 0 Å². The van der Waals surface area contributed by atoms with Crippen LogP contribution in [-0.2, 0) is 4.74 Å². The van der Waals surface area contributed by atoms with Crippen LogP contribution in [0.15, 0.2) is 12.1 Å². The standard InChI is InChI=1S/C15H15F2NO4/c1-15(2,3)22-14(21)18-6-4-5-9-7-10(16)12(13(19)20)11(17)8-9/h7-8H,6H2,1-3H3,(H,18,21)(H,19,20). The molecule has 0 unspecified atom stereocenters. The monoisotopic (exact) mass is 311 g/mol. The van der Waals surface area contributed by atoms with Crippen molar-refractivity contribution in [1.82, 2.24) is 5.32 Å². The molecular weight excluding hydrogens is 296 g/mol. The van der Waals surface area contributed by atoms with Crippen molar-refractivity contribution in [3.8, 4) is 11.8 Å². The number of carbonyl (C=O) groups excluding carboxylic acids is 1. The smallest absolute Gasteiger partial charge is 0.408 e. The summed E-state index contributed by atoms with van der Waals surface area (Å²) in [4.78, 5) is 21.9. The molecule has 1 aromatic carbocycles. The van der Waals surface area contributed by atoms with Crippen LogP contribution in [0.3, 0.4) is 0 Å². The topological polar surface area (TPSA) is 75.6 Å². The zero-order valence-corrected chi connectivity index (χ0v) is 12.3. The SMILES string of the molecule is CC(C)(C)OC(=O)NCC#Cc1cc(F)c(C(=O)O)c(F)c1. The molecule has 118 valence electrons. The van der Waals surface area contributed by atoms with Crippen LogP contribution in [0.1, 0.15) is 36.7 Å². The number of ether oxygens (including phenoxy) is 1. The van der Waals surface area contributed by atoms with Crippen molar-refractivity contribution in [2.45, 2.75) is 26.4 Å². The number of aromatic carboxylic acids is 1. The second-order valence-electron chi connectivity index (χ2n) is 5.28. The van der Waals surface area contributed by atoms with Gasteiger partial charge >= 0.3 is 12.1 Å². The van der Waals surface area contributed by atoms with Crippen LogP contribution < -0.4 is 5.32 Å². The van der Waals surface area contributed by atoms with Gasteiger partial charge in [-0.1, -0.05) is 11.8 Å². The van der Waals surface area contributed by atoms with E-state index < -0.39 is 34.9 Å². The molecule has 7 heteroatoms. The highest BCUT2D eigenvalue weighted by atomic mass is 19.1. The molecule has 0 heterocycles. The van der Waals surface area contributed by atoms with Gasteiger partial charge in [0, 0.05) is 5.56 Å². The van der Waals surface area contributed by atoms with E-state index in [1.807, 2.05) is 0 Å². The van der Waals surface area contributed by atoms with Gasteiger partial charge in [0.05, 0.1) is 6.54 Å². The minimum atomic E-state index is -1.69. The van der Waals surface area contributed by atoms with Gasteiger partial charge in [0.2, 0.25) is 0 Å². The van der Waals surface area contributed by atoms with Crippen molar-refractivity contribution >= 4 is 12.1 Å². The van der Waals surface area contributed by atoms with Crippen LogP contribution >= 0.6 is 0 Å². The van der Waals surface area contributed by atoms with Gasteiger partial charge in [-0.3, -0.25) is 0 Å². The predicted octanol–water partition coefficient (Wildman–Crippen LogP) is 2.54. The Kier molecular flexibility index (Phi) is 5.46. The molecule has 22 heavy (non-hydrogen) atoms. The third-order valence-corrected chi connectivity index (χ3v) is 2.21. The zero-order chi connectivity index (χ0) is 16.9. The van der Waals surface area contributed by atoms with E-state index in [2.05, 4.69) is 17.2 Å². The number of nitrogens with one attached hydrogen (secondary N) is 1. The molecule has 1 amide bonds. The van der Waals surface area contributed by atoms with Gasteiger partial charge in [0.1, 0.15) is 22.8 Å². The second-order valence-corrected chi connectivity index (χ2v) is 5.28. The van der Waals surface area contributed by atoms with Gasteiger partial charge in [-0.2, -0.15) is 0 Å².